The van der Waals surface area contributed by atoms with Crippen LogP contribution in [0, 0.1) is 5.92 Å². The summed E-state index contributed by atoms with van der Waals surface area (Å²) in [7, 11) is 1.85. The molecule has 2 saturated heterocycles. The highest BCUT2D eigenvalue weighted by Crippen LogP contribution is 2.16. The topological polar surface area (TPSA) is 58.1 Å². The fourth-order valence-electron chi connectivity index (χ4n) is 3.81. The molecule has 0 atom stereocenters. The molecular formula is C21H37IN4O2S. The Morgan fingerprint density at radius 1 is 1.28 bits per heavy atom. The van der Waals surface area contributed by atoms with Crippen molar-refractivity contribution in [3.8, 4) is 0 Å². The minimum atomic E-state index is 0. The van der Waals surface area contributed by atoms with Crippen LogP contribution in [0.5, 0.6) is 0 Å². The molecule has 2 N–H and O–H groups in total. The number of aliphatic imine (C=N–C) groups is 1. The van der Waals surface area contributed by atoms with E-state index in [4.69, 9.17) is 9.47 Å². The Hall–Kier alpha value is -0.420. The van der Waals surface area contributed by atoms with Gasteiger partial charge in [-0.15, -0.1) is 24.0 Å². The molecule has 0 amide bonds. The molecule has 2 fully saturated rings. The number of rotatable bonds is 9. The molecule has 0 bridgehead atoms. The monoisotopic (exact) mass is 536 g/mol. The standard InChI is InChI=1S/C21H36N4O2S.HI/c1-22-21(23-8-2-11-27-16-18-5-12-26-13-6-18)24-20-3-9-25(10-4-20)15-19-7-14-28-17-19;/h7,14,17-18,20H,2-6,8-13,15-16H2,1H3,(H2,22,23,24);1H. The van der Waals surface area contributed by atoms with Gasteiger partial charge < -0.3 is 20.1 Å². The molecule has 1 aromatic rings. The largest absolute Gasteiger partial charge is 0.381 e. The van der Waals surface area contributed by atoms with Gasteiger partial charge in [0, 0.05) is 65.7 Å². The number of nitrogens with zero attached hydrogens (tertiary/aromatic N) is 2. The number of ether oxygens (including phenoxy) is 2. The first kappa shape index (κ1) is 24.8. The number of likely N-dealkylation sites (tertiary alicyclic amines) is 1. The van der Waals surface area contributed by atoms with Crippen LogP contribution in [-0.2, 0) is 16.0 Å². The Morgan fingerprint density at radius 2 is 2.07 bits per heavy atom. The lowest BCUT2D eigenvalue weighted by molar-refractivity contribution is 0.0203. The number of piperidine rings is 1. The molecule has 2 aliphatic heterocycles. The lowest BCUT2D eigenvalue weighted by Crippen LogP contribution is -2.48. The summed E-state index contributed by atoms with van der Waals surface area (Å²) in [5, 5.41) is 11.4. The highest BCUT2D eigenvalue weighted by molar-refractivity contribution is 14.0. The molecule has 0 saturated carbocycles. The van der Waals surface area contributed by atoms with Crippen LogP contribution >= 0.6 is 35.3 Å². The number of nitrogens with one attached hydrogen (secondary N) is 2. The molecule has 2 aliphatic rings. The summed E-state index contributed by atoms with van der Waals surface area (Å²) in [6.45, 7) is 7.73. The van der Waals surface area contributed by atoms with E-state index in [1.165, 1.54) is 18.4 Å². The Balaban J connectivity index is 0.00000300. The average Bonchev–Trinajstić information content (AvgIpc) is 3.25. The fraction of sp³-hybridized carbons (Fsp3) is 0.762. The summed E-state index contributed by atoms with van der Waals surface area (Å²) in [6.07, 6.45) is 5.61. The number of hydrogen-bond donors (Lipinski definition) is 2. The van der Waals surface area contributed by atoms with Crippen molar-refractivity contribution < 1.29 is 9.47 Å². The van der Waals surface area contributed by atoms with E-state index in [0.717, 1.165) is 77.8 Å². The summed E-state index contributed by atoms with van der Waals surface area (Å²) in [5.41, 5.74) is 1.44. The van der Waals surface area contributed by atoms with Gasteiger partial charge in [-0.25, -0.2) is 0 Å². The molecule has 3 rings (SSSR count). The second-order valence-corrected chi connectivity index (χ2v) is 8.59. The summed E-state index contributed by atoms with van der Waals surface area (Å²) >= 11 is 1.78. The van der Waals surface area contributed by atoms with Crippen LogP contribution in [0.2, 0.25) is 0 Å². The summed E-state index contributed by atoms with van der Waals surface area (Å²) < 4.78 is 11.2. The first-order valence-electron chi connectivity index (χ1n) is 10.7. The molecule has 0 unspecified atom stereocenters. The molecule has 6 nitrogen and oxygen atoms in total. The van der Waals surface area contributed by atoms with Crippen molar-refractivity contribution in [2.24, 2.45) is 10.9 Å². The zero-order valence-electron chi connectivity index (χ0n) is 17.6. The van der Waals surface area contributed by atoms with E-state index in [-0.39, 0.29) is 24.0 Å². The van der Waals surface area contributed by atoms with Crippen LogP contribution in [-0.4, -0.2) is 70.0 Å². The third-order valence-corrected chi connectivity index (χ3v) is 6.32. The maximum Gasteiger partial charge on any atom is 0.191 e. The van der Waals surface area contributed by atoms with Gasteiger partial charge in [0.2, 0.25) is 0 Å². The summed E-state index contributed by atoms with van der Waals surface area (Å²) in [5.74, 6) is 1.60. The zero-order chi connectivity index (χ0) is 19.4. The second kappa shape index (κ2) is 14.6. The minimum absolute atomic E-state index is 0. The van der Waals surface area contributed by atoms with Crippen molar-refractivity contribution in [1.29, 1.82) is 0 Å². The Bertz CT molecular complexity index is 559. The highest BCUT2D eigenvalue weighted by Gasteiger charge is 2.20. The van der Waals surface area contributed by atoms with E-state index in [2.05, 4.69) is 37.4 Å². The smallest absolute Gasteiger partial charge is 0.191 e. The molecule has 8 heteroatoms. The van der Waals surface area contributed by atoms with Gasteiger partial charge >= 0.3 is 0 Å². The van der Waals surface area contributed by atoms with Crippen molar-refractivity contribution in [3.05, 3.63) is 22.4 Å². The lowest BCUT2D eigenvalue weighted by Gasteiger charge is -2.33. The summed E-state index contributed by atoms with van der Waals surface area (Å²) in [4.78, 5) is 6.93. The minimum Gasteiger partial charge on any atom is -0.381 e. The van der Waals surface area contributed by atoms with Crippen LogP contribution in [0.4, 0.5) is 0 Å². The van der Waals surface area contributed by atoms with E-state index < -0.39 is 0 Å². The first-order valence-corrected chi connectivity index (χ1v) is 11.6. The predicted octanol–water partition coefficient (Wildman–Crippen LogP) is 3.33. The van der Waals surface area contributed by atoms with Gasteiger partial charge in [0.1, 0.15) is 0 Å². The highest BCUT2D eigenvalue weighted by atomic mass is 127. The first-order chi connectivity index (χ1) is 13.8. The van der Waals surface area contributed by atoms with Crippen molar-refractivity contribution in [2.75, 3.05) is 53.1 Å². The molecule has 0 aromatic carbocycles. The number of guanidine groups is 1. The van der Waals surface area contributed by atoms with Crippen molar-refractivity contribution in [2.45, 2.75) is 44.7 Å². The third-order valence-electron chi connectivity index (χ3n) is 5.59. The van der Waals surface area contributed by atoms with E-state index in [1.54, 1.807) is 11.3 Å². The molecule has 0 spiro atoms. The summed E-state index contributed by atoms with van der Waals surface area (Å²) in [6, 6.07) is 2.74. The maximum absolute atomic E-state index is 5.83. The number of thiophene rings is 1. The van der Waals surface area contributed by atoms with E-state index >= 15 is 0 Å². The van der Waals surface area contributed by atoms with Crippen molar-refractivity contribution >= 4 is 41.3 Å². The van der Waals surface area contributed by atoms with Gasteiger partial charge in [-0.1, -0.05) is 0 Å². The molecule has 3 heterocycles. The van der Waals surface area contributed by atoms with Crippen LogP contribution in [0.1, 0.15) is 37.7 Å². The van der Waals surface area contributed by atoms with Crippen molar-refractivity contribution in [1.82, 2.24) is 15.5 Å². The van der Waals surface area contributed by atoms with Crippen LogP contribution in [0.15, 0.2) is 21.8 Å². The van der Waals surface area contributed by atoms with Gasteiger partial charge in [0.15, 0.2) is 5.96 Å². The molecule has 29 heavy (non-hydrogen) atoms. The molecule has 1 aromatic heterocycles. The van der Waals surface area contributed by atoms with Crippen LogP contribution in [0.25, 0.3) is 0 Å². The number of halogens is 1. The molecule has 0 aliphatic carbocycles. The fourth-order valence-corrected chi connectivity index (χ4v) is 4.47. The van der Waals surface area contributed by atoms with Gasteiger partial charge in [0.25, 0.3) is 0 Å². The second-order valence-electron chi connectivity index (χ2n) is 7.81. The van der Waals surface area contributed by atoms with Gasteiger partial charge in [-0.05, 0) is 60.4 Å². The van der Waals surface area contributed by atoms with E-state index in [9.17, 15) is 0 Å². The van der Waals surface area contributed by atoms with Gasteiger partial charge in [-0.2, -0.15) is 11.3 Å². The SMILES string of the molecule is CN=C(NCCCOCC1CCOCC1)NC1CCN(Cc2ccsc2)CC1.I. The maximum atomic E-state index is 5.83. The molecule has 166 valence electrons. The Labute approximate surface area is 196 Å². The number of hydrogen-bond acceptors (Lipinski definition) is 5. The van der Waals surface area contributed by atoms with E-state index in [1.807, 2.05) is 7.05 Å². The average molecular weight is 537 g/mol. The Kier molecular flexibility index (Phi) is 12.5. The molecule has 0 radical (unpaired) electrons. The zero-order valence-corrected chi connectivity index (χ0v) is 20.8. The van der Waals surface area contributed by atoms with Crippen LogP contribution < -0.4 is 10.6 Å². The van der Waals surface area contributed by atoms with Crippen LogP contribution in [0.3, 0.4) is 0 Å². The molecular weight excluding hydrogens is 499 g/mol. The quantitative estimate of drug-likeness (QED) is 0.220. The lowest BCUT2D eigenvalue weighted by atomic mass is 10.0. The normalized spacial score (nSPS) is 19.7. The Morgan fingerprint density at radius 3 is 2.76 bits per heavy atom. The van der Waals surface area contributed by atoms with Crippen molar-refractivity contribution in [3.63, 3.8) is 0 Å². The third kappa shape index (κ3) is 9.50. The van der Waals surface area contributed by atoms with Gasteiger partial charge in [0.05, 0.1) is 0 Å². The van der Waals surface area contributed by atoms with Gasteiger partial charge in [-0.3, -0.25) is 9.89 Å². The predicted molar refractivity (Wildman–Crippen MR) is 132 cm³/mol. The van der Waals surface area contributed by atoms with E-state index in [0.29, 0.717) is 12.0 Å².